The second-order valence-corrected chi connectivity index (χ2v) is 8.78. The minimum atomic E-state index is -5.00. The number of halogens is 4. The highest BCUT2D eigenvalue weighted by molar-refractivity contribution is 7.22. The molecule has 176 valence electrons. The van der Waals surface area contributed by atoms with Crippen molar-refractivity contribution in [1.29, 1.82) is 0 Å². The number of methoxy groups -OCH3 is 1. The number of alkyl halides is 3. The van der Waals surface area contributed by atoms with E-state index in [1.54, 1.807) is 5.32 Å². The van der Waals surface area contributed by atoms with Crippen LogP contribution in [-0.4, -0.2) is 46.8 Å². The third-order valence-corrected chi connectivity index (χ3v) is 6.52. The Kier molecular flexibility index (Phi) is 5.27. The van der Waals surface area contributed by atoms with Gasteiger partial charge >= 0.3 is 12.1 Å². The normalized spacial score (nSPS) is 15.4. The first-order valence-corrected chi connectivity index (χ1v) is 10.9. The zero-order valence-electron chi connectivity index (χ0n) is 17.8. The highest BCUT2D eigenvalue weighted by atomic mass is 32.1. The molecule has 1 aliphatic rings. The van der Waals surface area contributed by atoms with Crippen molar-refractivity contribution in [2.24, 2.45) is 0 Å². The van der Waals surface area contributed by atoms with Gasteiger partial charge in [0.15, 0.2) is 11.6 Å². The van der Waals surface area contributed by atoms with Gasteiger partial charge in [-0.3, -0.25) is 4.79 Å². The number of nitrogens with zero attached hydrogens (tertiary/aromatic N) is 3. The van der Waals surface area contributed by atoms with E-state index in [0.29, 0.717) is 43.3 Å². The van der Waals surface area contributed by atoms with Crippen LogP contribution in [0.25, 0.3) is 31.8 Å². The van der Waals surface area contributed by atoms with Gasteiger partial charge in [0.05, 0.1) is 41.1 Å². The molecule has 3 heterocycles. The lowest BCUT2D eigenvalue weighted by molar-refractivity contribution is -0.173. The molecule has 0 radical (unpaired) electrons. The summed E-state index contributed by atoms with van der Waals surface area (Å²) in [5, 5.41) is 2.37. The summed E-state index contributed by atoms with van der Waals surface area (Å²) in [5.74, 6) is -2.40. The molecule has 0 spiro atoms. The summed E-state index contributed by atoms with van der Waals surface area (Å²) in [5.41, 5.74) is 3.77. The third-order valence-electron chi connectivity index (χ3n) is 5.35. The highest BCUT2D eigenvalue weighted by Crippen LogP contribution is 2.43. The number of aromatic nitrogens is 3. The van der Waals surface area contributed by atoms with Crippen LogP contribution in [0, 0.1) is 12.7 Å². The van der Waals surface area contributed by atoms with Crippen molar-refractivity contribution in [1.82, 2.24) is 20.3 Å². The van der Waals surface area contributed by atoms with Crippen molar-refractivity contribution in [3.8, 4) is 22.2 Å². The molecule has 0 saturated carbocycles. The molecule has 5 rings (SSSR count). The molecule has 1 atom stereocenters. The number of rotatable bonds is 4. The van der Waals surface area contributed by atoms with E-state index < -0.39 is 30.5 Å². The van der Waals surface area contributed by atoms with Gasteiger partial charge < -0.3 is 14.8 Å². The molecule has 0 saturated heterocycles. The molecule has 7 nitrogen and oxygen atoms in total. The monoisotopic (exact) mass is 492 g/mol. The van der Waals surface area contributed by atoms with E-state index in [0.717, 1.165) is 5.56 Å². The Morgan fingerprint density at radius 2 is 2.06 bits per heavy atom. The van der Waals surface area contributed by atoms with E-state index >= 15 is 0 Å². The summed E-state index contributed by atoms with van der Waals surface area (Å²) in [6.07, 6.45) is -4.20. The molecule has 0 fully saturated rings. The number of hydrogen-bond donors (Lipinski definition) is 1. The smallest absolute Gasteiger partial charge is 0.471 e. The Hall–Kier alpha value is -3.54. The van der Waals surface area contributed by atoms with Crippen molar-refractivity contribution in [3.05, 3.63) is 41.3 Å². The number of carbonyl (C=O) groups excluding carboxylic acids is 1. The molecular weight excluding hydrogens is 476 g/mol. The average molecular weight is 492 g/mol. The van der Waals surface area contributed by atoms with Crippen LogP contribution in [-0.2, 0) is 11.2 Å². The second kappa shape index (κ2) is 8.05. The van der Waals surface area contributed by atoms with E-state index in [1.807, 2.05) is 19.1 Å². The minimum Gasteiger partial charge on any atom is -0.485 e. The van der Waals surface area contributed by atoms with Crippen LogP contribution >= 0.6 is 11.3 Å². The summed E-state index contributed by atoms with van der Waals surface area (Å²) in [6, 6.07) is 5.01. The number of fused-ring (bicyclic) bond motifs is 4. The van der Waals surface area contributed by atoms with Crippen LogP contribution in [0.1, 0.15) is 11.1 Å². The van der Waals surface area contributed by atoms with Gasteiger partial charge in [-0.1, -0.05) is 0 Å². The summed E-state index contributed by atoms with van der Waals surface area (Å²) < 4.78 is 63.5. The van der Waals surface area contributed by atoms with Gasteiger partial charge in [0.25, 0.3) is 0 Å². The number of aryl methyl sites for hydroxylation is 1. The first-order valence-electron chi connectivity index (χ1n) is 10.1. The lowest BCUT2D eigenvalue weighted by Crippen LogP contribution is -2.41. The number of ether oxygens (including phenoxy) is 2. The topological polar surface area (TPSA) is 86.2 Å². The predicted molar refractivity (Wildman–Crippen MR) is 117 cm³/mol. The van der Waals surface area contributed by atoms with E-state index in [-0.39, 0.29) is 12.2 Å². The molecular formula is C22H16F4N4O3S. The van der Waals surface area contributed by atoms with Crippen LogP contribution in [0.5, 0.6) is 11.6 Å². The molecule has 34 heavy (non-hydrogen) atoms. The fourth-order valence-electron chi connectivity index (χ4n) is 3.87. The zero-order valence-corrected chi connectivity index (χ0v) is 18.6. The Labute approximate surface area is 193 Å². The zero-order chi connectivity index (χ0) is 24.2. The van der Waals surface area contributed by atoms with Crippen LogP contribution in [0.3, 0.4) is 0 Å². The third kappa shape index (κ3) is 3.87. The number of nitrogens with one attached hydrogen (secondary N) is 1. The molecule has 1 amide bonds. The molecule has 1 N–H and O–H groups in total. The van der Waals surface area contributed by atoms with Gasteiger partial charge in [-0.05, 0) is 24.6 Å². The fraction of sp³-hybridized carbons (Fsp3) is 0.273. The van der Waals surface area contributed by atoms with Crippen molar-refractivity contribution >= 4 is 38.5 Å². The number of amides is 1. The first-order chi connectivity index (χ1) is 16.1. The Balaban J connectivity index is 1.52. The molecule has 12 heteroatoms. The number of hydrogen-bond acceptors (Lipinski definition) is 7. The van der Waals surface area contributed by atoms with E-state index in [2.05, 4.69) is 15.0 Å². The molecule has 1 unspecified atom stereocenters. The molecule has 1 aliphatic heterocycles. The lowest BCUT2D eigenvalue weighted by atomic mass is 10.1. The highest BCUT2D eigenvalue weighted by Gasteiger charge is 2.39. The SMILES string of the molecule is COc1cnc2c(-c3nc4cc(F)c5c(c4s3)CC(CNC(=O)C(F)(F)F)O5)cc(C)cc2n1. The molecule has 4 aromatic rings. The Morgan fingerprint density at radius 1 is 1.26 bits per heavy atom. The van der Waals surface area contributed by atoms with E-state index in [1.165, 1.54) is 30.7 Å². The van der Waals surface area contributed by atoms with Crippen molar-refractivity contribution in [3.63, 3.8) is 0 Å². The predicted octanol–water partition coefficient (Wildman–Crippen LogP) is 4.34. The summed E-state index contributed by atoms with van der Waals surface area (Å²) in [7, 11) is 1.50. The van der Waals surface area contributed by atoms with Crippen molar-refractivity contribution < 1.29 is 31.8 Å². The summed E-state index contributed by atoms with van der Waals surface area (Å²) in [4.78, 5) is 24.6. The number of carbonyl (C=O) groups is 1. The van der Waals surface area contributed by atoms with Crippen LogP contribution in [0.15, 0.2) is 24.4 Å². The van der Waals surface area contributed by atoms with Crippen molar-refractivity contribution in [2.45, 2.75) is 25.6 Å². The number of thiazole rings is 1. The van der Waals surface area contributed by atoms with Gasteiger partial charge in [0, 0.05) is 23.6 Å². The van der Waals surface area contributed by atoms with Crippen LogP contribution < -0.4 is 14.8 Å². The molecule has 2 aromatic carbocycles. The van der Waals surface area contributed by atoms with Gasteiger partial charge in [-0.2, -0.15) is 13.2 Å². The quantitative estimate of drug-likeness (QED) is 0.427. The van der Waals surface area contributed by atoms with E-state index in [9.17, 15) is 22.4 Å². The first kappa shape index (κ1) is 22.3. The van der Waals surface area contributed by atoms with Gasteiger partial charge in [0.2, 0.25) is 5.88 Å². The largest absolute Gasteiger partial charge is 0.485 e. The van der Waals surface area contributed by atoms with Crippen LogP contribution in [0.4, 0.5) is 17.6 Å². The van der Waals surface area contributed by atoms with Crippen LogP contribution in [0.2, 0.25) is 0 Å². The average Bonchev–Trinajstić information content (AvgIpc) is 3.40. The van der Waals surface area contributed by atoms with E-state index in [4.69, 9.17) is 9.47 Å². The fourth-order valence-corrected chi connectivity index (χ4v) is 4.98. The molecule has 0 bridgehead atoms. The lowest BCUT2D eigenvalue weighted by Gasteiger charge is -2.13. The summed E-state index contributed by atoms with van der Waals surface area (Å²) in [6.45, 7) is 1.50. The summed E-state index contributed by atoms with van der Waals surface area (Å²) >= 11 is 1.30. The minimum absolute atomic E-state index is 0.0346. The standard InChI is InChI=1S/C22H16F4N4O3S/c1-9-3-11(17-14(4-9)29-16(32-2)8-27-17)20-30-15-6-13(23)18-12(19(15)34-20)5-10(33-18)7-28-21(31)22(24,25)26/h3-4,6,8,10H,5,7H2,1-2H3,(H,28,31). The maximum absolute atomic E-state index is 14.7. The second-order valence-electron chi connectivity index (χ2n) is 7.78. The Morgan fingerprint density at radius 3 is 2.79 bits per heavy atom. The Bertz CT molecular complexity index is 1450. The number of benzene rings is 2. The van der Waals surface area contributed by atoms with Gasteiger partial charge in [0.1, 0.15) is 11.1 Å². The molecule has 0 aliphatic carbocycles. The van der Waals surface area contributed by atoms with Gasteiger partial charge in [-0.25, -0.2) is 19.3 Å². The molecule has 2 aromatic heterocycles. The van der Waals surface area contributed by atoms with Gasteiger partial charge in [-0.15, -0.1) is 11.3 Å². The maximum Gasteiger partial charge on any atom is 0.471 e. The maximum atomic E-state index is 14.7. The van der Waals surface area contributed by atoms with Crippen molar-refractivity contribution in [2.75, 3.05) is 13.7 Å².